The predicted molar refractivity (Wildman–Crippen MR) is 336 cm³/mol. The van der Waals surface area contributed by atoms with E-state index in [1.165, 1.54) is 193 Å². The summed E-state index contributed by atoms with van der Waals surface area (Å²) in [5.74, 6) is -0.175. The molecule has 0 aliphatic carbocycles. The molecule has 0 spiro atoms. The largest absolute Gasteiger partial charge is 0.472 e. The highest BCUT2D eigenvalue weighted by molar-refractivity contribution is 7.47. The van der Waals surface area contributed by atoms with Crippen LogP contribution in [0.15, 0.2) is 85.1 Å². The Morgan fingerprint density at radius 2 is 0.779 bits per heavy atom. The molecule has 0 aliphatic heterocycles. The number of aliphatic hydroxyl groups is 1. The van der Waals surface area contributed by atoms with E-state index in [0.717, 1.165) is 77.0 Å². The molecule has 0 heterocycles. The second-order valence-electron chi connectivity index (χ2n) is 23.1. The normalized spacial score (nSPS) is 14.3. The van der Waals surface area contributed by atoms with Crippen LogP contribution >= 0.6 is 7.82 Å². The summed E-state index contributed by atoms with van der Waals surface area (Å²) < 4.78 is 23.8. The van der Waals surface area contributed by atoms with E-state index in [4.69, 9.17) is 9.05 Å². The molecule has 8 nitrogen and oxygen atoms in total. The van der Waals surface area contributed by atoms with Crippen LogP contribution in [0.3, 0.4) is 0 Å². The van der Waals surface area contributed by atoms with E-state index in [-0.39, 0.29) is 19.1 Å². The number of hydrogen-bond donors (Lipinski definition) is 3. The van der Waals surface area contributed by atoms with E-state index in [1.54, 1.807) is 6.08 Å². The standard InChI is InChI=1S/C68H125N2O6P/c1-6-8-10-12-14-16-18-20-22-24-26-27-28-29-30-31-32-33-34-35-36-37-38-39-40-41-42-43-44-46-48-50-52-54-56-58-60-62-68(72)69-66(65-76-77(73,74)75-64-63-70(3,4)5)67(71)61-59-57-55-53-51-49-47-45-25-23-21-19-17-15-13-11-9-7-2/h8,10,14,16,20,22,26-27,29-30,32-33,59,61,66-67,71H,6-7,9,11-13,15,17-19,21,23-25,28,31,34-58,60,62-65H2,1-5H3,(H-,69,72,73,74)/p+1/b10-8-,16-14-,22-20-,27-26-,30-29-,33-32-,61-59+. The van der Waals surface area contributed by atoms with Gasteiger partial charge in [0.25, 0.3) is 0 Å². The van der Waals surface area contributed by atoms with Crippen molar-refractivity contribution in [2.45, 2.75) is 302 Å². The molecule has 77 heavy (non-hydrogen) atoms. The number of likely N-dealkylation sites (N-methyl/N-ethyl adjacent to an activating group) is 1. The number of hydrogen-bond acceptors (Lipinski definition) is 5. The van der Waals surface area contributed by atoms with Crippen LogP contribution in [0.1, 0.15) is 290 Å². The number of carbonyl (C=O) groups excluding carboxylic acids is 1. The van der Waals surface area contributed by atoms with E-state index in [9.17, 15) is 19.4 Å². The minimum absolute atomic E-state index is 0.0607. The number of phosphoric ester groups is 1. The number of aliphatic hydroxyl groups excluding tert-OH is 1. The Morgan fingerprint density at radius 3 is 1.14 bits per heavy atom. The molecule has 1 amide bonds. The Hall–Kier alpha value is -2.32. The number of nitrogens with one attached hydrogen (secondary N) is 1. The number of nitrogens with zero attached hydrogens (tertiary/aromatic N) is 1. The summed E-state index contributed by atoms with van der Waals surface area (Å²) in [6.07, 6.45) is 82.8. The van der Waals surface area contributed by atoms with Crippen LogP contribution in [0, 0.1) is 0 Å². The van der Waals surface area contributed by atoms with E-state index >= 15 is 0 Å². The van der Waals surface area contributed by atoms with Crippen molar-refractivity contribution in [3.8, 4) is 0 Å². The Balaban J connectivity index is 4.03. The van der Waals surface area contributed by atoms with Gasteiger partial charge in [-0.1, -0.05) is 298 Å². The summed E-state index contributed by atoms with van der Waals surface area (Å²) in [5, 5.41) is 14.0. The molecule has 0 aromatic carbocycles. The lowest BCUT2D eigenvalue weighted by Crippen LogP contribution is -2.45. The molecule has 0 fully saturated rings. The van der Waals surface area contributed by atoms with Gasteiger partial charge in [0.15, 0.2) is 0 Å². The average Bonchev–Trinajstić information content (AvgIpc) is 3.39. The van der Waals surface area contributed by atoms with Gasteiger partial charge < -0.3 is 19.8 Å². The van der Waals surface area contributed by atoms with Crippen molar-refractivity contribution in [2.75, 3.05) is 40.9 Å². The summed E-state index contributed by atoms with van der Waals surface area (Å²) in [6, 6.07) is -0.849. The van der Waals surface area contributed by atoms with E-state index < -0.39 is 20.0 Å². The molecule has 3 N–H and O–H groups in total. The first-order chi connectivity index (χ1) is 37.5. The highest BCUT2D eigenvalue weighted by Gasteiger charge is 2.28. The number of allylic oxidation sites excluding steroid dienone is 13. The number of rotatable bonds is 59. The van der Waals surface area contributed by atoms with Crippen LogP contribution in [-0.2, 0) is 18.4 Å². The van der Waals surface area contributed by atoms with Gasteiger partial charge in [-0.2, -0.15) is 0 Å². The molecular weight excluding hydrogens is 972 g/mol. The molecule has 0 bridgehead atoms. The summed E-state index contributed by atoms with van der Waals surface area (Å²) >= 11 is 0. The van der Waals surface area contributed by atoms with Gasteiger partial charge in [0.2, 0.25) is 5.91 Å². The molecule has 3 atom stereocenters. The number of amides is 1. The number of phosphoric acid groups is 1. The summed E-state index contributed by atoms with van der Waals surface area (Å²) in [4.78, 5) is 23.4. The lowest BCUT2D eigenvalue weighted by Gasteiger charge is -2.25. The zero-order valence-corrected chi connectivity index (χ0v) is 52.1. The Kier molecular flexibility index (Phi) is 56.6. The van der Waals surface area contributed by atoms with Gasteiger partial charge >= 0.3 is 7.82 Å². The zero-order chi connectivity index (χ0) is 56.3. The molecule has 0 aromatic rings. The van der Waals surface area contributed by atoms with Crippen LogP contribution in [0.2, 0.25) is 0 Å². The van der Waals surface area contributed by atoms with Crippen molar-refractivity contribution in [2.24, 2.45) is 0 Å². The molecular formula is C68H126N2O6P+. The molecule has 9 heteroatoms. The minimum atomic E-state index is -4.35. The highest BCUT2D eigenvalue weighted by Crippen LogP contribution is 2.43. The van der Waals surface area contributed by atoms with Crippen molar-refractivity contribution < 1.29 is 32.9 Å². The van der Waals surface area contributed by atoms with E-state index in [1.807, 2.05) is 27.2 Å². The van der Waals surface area contributed by atoms with Gasteiger partial charge in [-0.05, 0) is 70.6 Å². The fraction of sp³-hybridized carbons (Fsp3) is 0.779. The topological polar surface area (TPSA) is 105 Å². The molecule has 448 valence electrons. The summed E-state index contributed by atoms with van der Waals surface area (Å²) in [6.45, 7) is 4.73. The number of carbonyl (C=O) groups is 1. The summed E-state index contributed by atoms with van der Waals surface area (Å²) in [5.41, 5.74) is 0. The maximum atomic E-state index is 13.0. The fourth-order valence-corrected chi connectivity index (χ4v) is 10.1. The zero-order valence-electron chi connectivity index (χ0n) is 51.2. The maximum Gasteiger partial charge on any atom is 0.472 e. The second-order valence-corrected chi connectivity index (χ2v) is 24.6. The first kappa shape index (κ1) is 74.7. The predicted octanol–water partition coefficient (Wildman–Crippen LogP) is 20.4. The maximum absolute atomic E-state index is 13.0. The third-order valence-electron chi connectivity index (χ3n) is 14.4. The molecule has 0 radical (unpaired) electrons. The molecule has 0 saturated carbocycles. The van der Waals surface area contributed by atoms with Gasteiger partial charge in [0.1, 0.15) is 13.2 Å². The molecule has 0 aromatic heterocycles. The van der Waals surface area contributed by atoms with Gasteiger partial charge in [-0.15, -0.1) is 0 Å². The van der Waals surface area contributed by atoms with Crippen LogP contribution in [0.5, 0.6) is 0 Å². The van der Waals surface area contributed by atoms with Crippen LogP contribution in [-0.4, -0.2) is 73.4 Å². The molecule has 0 saturated heterocycles. The first-order valence-electron chi connectivity index (χ1n) is 32.5. The van der Waals surface area contributed by atoms with Crippen molar-refractivity contribution >= 4 is 13.7 Å². The van der Waals surface area contributed by atoms with E-state index in [0.29, 0.717) is 17.4 Å². The van der Waals surface area contributed by atoms with Crippen LogP contribution in [0.4, 0.5) is 0 Å². The van der Waals surface area contributed by atoms with Crippen molar-refractivity contribution in [1.29, 1.82) is 0 Å². The van der Waals surface area contributed by atoms with Crippen molar-refractivity contribution in [3.05, 3.63) is 85.1 Å². The van der Waals surface area contributed by atoms with E-state index in [2.05, 4.69) is 92.1 Å². The molecule has 3 unspecified atom stereocenters. The Bertz CT molecular complexity index is 1530. The van der Waals surface area contributed by atoms with Crippen LogP contribution in [0.25, 0.3) is 0 Å². The minimum Gasteiger partial charge on any atom is -0.387 e. The summed E-state index contributed by atoms with van der Waals surface area (Å²) in [7, 11) is 1.58. The lowest BCUT2D eigenvalue weighted by molar-refractivity contribution is -0.870. The second kappa shape index (κ2) is 58.3. The van der Waals surface area contributed by atoms with Crippen molar-refractivity contribution in [1.82, 2.24) is 5.32 Å². The Labute approximate surface area is 477 Å². The third kappa shape index (κ3) is 61.2. The fourth-order valence-electron chi connectivity index (χ4n) is 9.34. The van der Waals surface area contributed by atoms with Crippen LogP contribution < -0.4 is 5.32 Å². The average molecular weight is 1100 g/mol. The Morgan fingerprint density at radius 1 is 0.455 bits per heavy atom. The quantitative estimate of drug-likeness (QED) is 0.0243. The van der Waals surface area contributed by atoms with Gasteiger partial charge in [0.05, 0.1) is 39.9 Å². The van der Waals surface area contributed by atoms with Gasteiger partial charge in [-0.25, -0.2) is 4.57 Å². The van der Waals surface area contributed by atoms with Gasteiger partial charge in [-0.3, -0.25) is 13.8 Å². The van der Waals surface area contributed by atoms with Crippen molar-refractivity contribution in [3.63, 3.8) is 0 Å². The highest BCUT2D eigenvalue weighted by atomic mass is 31.2. The lowest BCUT2D eigenvalue weighted by atomic mass is 10.0. The smallest absolute Gasteiger partial charge is 0.387 e. The molecule has 0 aliphatic rings. The number of quaternary nitrogens is 1. The SMILES string of the molecule is CC/C=C\C/C=C\C/C=C\C/C=C\C/C=C\C/C=C\CCCCCCCCCCCCCCCCCCCCC(=O)NC(COP(=O)(O)OCC[N+](C)(C)C)C(O)/C=C/CCCCCCCCCCCCCCCCCC. The first-order valence-corrected chi connectivity index (χ1v) is 34.0. The third-order valence-corrected chi connectivity index (χ3v) is 15.4. The molecule has 0 rings (SSSR count). The number of unbranched alkanes of at least 4 members (excludes halogenated alkanes) is 34. The monoisotopic (exact) mass is 1100 g/mol. The van der Waals surface area contributed by atoms with Gasteiger partial charge in [0, 0.05) is 6.42 Å².